The third-order valence-corrected chi connectivity index (χ3v) is 12.9. The van der Waals surface area contributed by atoms with Crippen molar-refractivity contribution in [3.05, 3.63) is 180 Å². The number of fused-ring (bicyclic) bond motifs is 9. The lowest BCUT2D eigenvalue weighted by Gasteiger charge is -2.27. The molecular formula is C50H38N2S2. The van der Waals surface area contributed by atoms with Gasteiger partial charge < -0.3 is 9.80 Å². The fourth-order valence-electron chi connectivity index (χ4n) is 8.38. The van der Waals surface area contributed by atoms with E-state index >= 15 is 0 Å². The van der Waals surface area contributed by atoms with Crippen LogP contribution in [0.25, 0.3) is 51.1 Å². The molecule has 0 aliphatic heterocycles. The lowest BCUT2D eigenvalue weighted by Crippen LogP contribution is -2.11. The molecule has 2 heterocycles. The van der Waals surface area contributed by atoms with E-state index < -0.39 is 0 Å². The maximum atomic E-state index is 2.39. The number of rotatable bonds is 6. The number of hydrogen-bond acceptors (Lipinski definition) is 4. The number of thiophene rings is 2. The van der Waals surface area contributed by atoms with Gasteiger partial charge in [0.1, 0.15) is 0 Å². The van der Waals surface area contributed by atoms with E-state index in [1.54, 1.807) is 0 Å². The zero-order chi connectivity index (χ0) is 36.5. The number of hydrogen-bond donors (Lipinski definition) is 0. The second-order valence-electron chi connectivity index (χ2n) is 14.5. The van der Waals surface area contributed by atoms with Crippen LogP contribution in [0.15, 0.2) is 158 Å². The highest BCUT2D eigenvalue weighted by Gasteiger charge is 2.20. The van der Waals surface area contributed by atoms with Crippen molar-refractivity contribution >= 4 is 108 Å². The molecule has 4 heteroatoms. The molecule has 0 saturated carbocycles. The van der Waals surface area contributed by atoms with E-state index in [-0.39, 0.29) is 0 Å². The van der Waals surface area contributed by atoms with Crippen LogP contribution >= 0.6 is 22.7 Å². The standard InChI is InChI=1S/C50H38N2S2/c1-31-15-22-44(34(4)26-31)52(36-13-9-6-10-14-36)38-17-19-43-48(30-38)54-46-24-21-40-41(50(43)46)20-23-45-49(40)42-18-16-37(29-47(42)53-45)51(35-11-7-5-8-12-35)39-27-32(2)25-33(3)28-39/h5-30H,1-4H3. The number of para-hydroxylation sites is 2. The number of nitrogens with zero attached hydrogens (tertiary/aromatic N) is 2. The monoisotopic (exact) mass is 730 g/mol. The minimum Gasteiger partial charge on any atom is -0.310 e. The molecule has 0 aliphatic rings. The van der Waals surface area contributed by atoms with E-state index in [1.807, 2.05) is 22.7 Å². The van der Waals surface area contributed by atoms with Crippen LogP contribution in [0, 0.1) is 27.7 Å². The van der Waals surface area contributed by atoms with Gasteiger partial charge in [0.05, 0.1) is 0 Å². The molecule has 2 nitrogen and oxygen atoms in total. The van der Waals surface area contributed by atoms with Crippen LogP contribution in [0.2, 0.25) is 0 Å². The maximum Gasteiger partial charge on any atom is 0.0490 e. The molecule has 0 N–H and O–H groups in total. The summed E-state index contributed by atoms with van der Waals surface area (Å²) in [6.45, 7) is 8.73. The second-order valence-corrected chi connectivity index (χ2v) is 16.7. The van der Waals surface area contributed by atoms with Crippen LogP contribution in [0.3, 0.4) is 0 Å². The van der Waals surface area contributed by atoms with Gasteiger partial charge in [0.25, 0.3) is 0 Å². The number of aryl methyl sites for hydroxylation is 4. The summed E-state index contributed by atoms with van der Waals surface area (Å²) in [5, 5.41) is 7.95. The van der Waals surface area contributed by atoms with Gasteiger partial charge >= 0.3 is 0 Å². The Labute approximate surface area is 323 Å². The average molecular weight is 731 g/mol. The molecule has 8 aromatic carbocycles. The van der Waals surface area contributed by atoms with E-state index in [1.165, 1.54) is 96.1 Å². The lowest BCUT2D eigenvalue weighted by atomic mass is 9.99. The predicted octanol–water partition coefficient (Wildman–Crippen LogP) is 15.7. The van der Waals surface area contributed by atoms with Crippen LogP contribution in [0.1, 0.15) is 22.3 Å². The first-order chi connectivity index (χ1) is 26.4. The summed E-state index contributed by atoms with van der Waals surface area (Å²) < 4.78 is 5.24. The van der Waals surface area contributed by atoms with E-state index in [0.29, 0.717) is 0 Å². The molecule has 0 unspecified atom stereocenters. The van der Waals surface area contributed by atoms with Gasteiger partial charge in [-0.1, -0.05) is 84.4 Å². The fraction of sp³-hybridized carbons (Fsp3) is 0.0800. The van der Waals surface area contributed by atoms with Crippen molar-refractivity contribution in [1.82, 2.24) is 0 Å². The van der Waals surface area contributed by atoms with Crippen molar-refractivity contribution < 1.29 is 0 Å². The van der Waals surface area contributed by atoms with Gasteiger partial charge in [0.15, 0.2) is 0 Å². The Balaban J connectivity index is 1.12. The first kappa shape index (κ1) is 32.7. The summed E-state index contributed by atoms with van der Waals surface area (Å²) in [6.07, 6.45) is 0. The van der Waals surface area contributed by atoms with Gasteiger partial charge in [-0.25, -0.2) is 0 Å². The Hall–Kier alpha value is -5.94. The van der Waals surface area contributed by atoms with Crippen LogP contribution in [0.5, 0.6) is 0 Å². The molecule has 0 aliphatic carbocycles. The minimum atomic E-state index is 1.16. The molecule has 54 heavy (non-hydrogen) atoms. The van der Waals surface area contributed by atoms with Crippen molar-refractivity contribution in [2.75, 3.05) is 9.80 Å². The highest BCUT2D eigenvalue weighted by Crippen LogP contribution is 2.47. The van der Waals surface area contributed by atoms with E-state index in [2.05, 4.69) is 195 Å². The normalized spacial score (nSPS) is 11.7. The second kappa shape index (κ2) is 12.9. The molecule has 0 atom stereocenters. The fourth-order valence-corrected chi connectivity index (χ4v) is 10.7. The first-order valence-corrected chi connectivity index (χ1v) is 20.1. The van der Waals surface area contributed by atoms with Gasteiger partial charge in [-0.2, -0.15) is 0 Å². The van der Waals surface area contributed by atoms with Gasteiger partial charge in [0, 0.05) is 74.5 Å². The van der Waals surface area contributed by atoms with E-state index in [4.69, 9.17) is 0 Å². The van der Waals surface area contributed by atoms with Crippen molar-refractivity contribution in [2.24, 2.45) is 0 Å². The third-order valence-electron chi connectivity index (χ3n) is 10.6. The molecule has 0 amide bonds. The van der Waals surface area contributed by atoms with Crippen LogP contribution < -0.4 is 9.80 Å². The molecular weight excluding hydrogens is 693 g/mol. The Morgan fingerprint density at radius 1 is 0.333 bits per heavy atom. The largest absolute Gasteiger partial charge is 0.310 e. The van der Waals surface area contributed by atoms with Gasteiger partial charge in [-0.05, 0) is 134 Å². The molecule has 0 saturated heterocycles. The van der Waals surface area contributed by atoms with Gasteiger partial charge in [-0.15, -0.1) is 22.7 Å². The number of anilines is 6. The molecule has 0 spiro atoms. The summed E-state index contributed by atoms with van der Waals surface area (Å²) in [5.74, 6) is 0. The van der Waals surface area contributed by atoms with Crippen LogP contribution in [-0.4, -0.2) is 0 Å². The Morgan fingerprint density at radius 2 is 0.833 bits per heavy atom. The summed E-state index contributed by atoms with van der Waals surface area (Å²) in [4.78, 5) is 4.78. The van der Waals surface area contributed by atoms with Crippen molar-refractivity contribution in [3.63, 3.8) is 0 Å². The predicted molar refractivity (Wildman–Crippen MR) is 238 cm³/mol. The molecule has 10 aromatic rings. The zero-order valence-electron chi connectivity index (χ0n) is 30.7. The highest BCUT2D eigenvalue weighted by atomic mass is 32.1. The molecule has 260 valence electrons. The highest BCUT2D eigenvalue weighted by molar-refractivity contribution is 7.26. The Kier molecular flexibility index (Phi) is 7.79. The topological polar surface area (TPSA) is 6.48 Å². The van der Waals surface area contributed by atoms with E-state index in [0.717, 1.165) is 11.4 Å². The van der Waals surface area contributed by atoms with Gasteiger partial charge in [0.2, 0.25) is 0 Å². The molecule has 2 aromatic heterocycles. The maximum absolute atomic E-state index is 2.39. The lowest BCUT2D eigenvalue weighted by molar-refractivity contribution is 1.24. The van der Waals surface area contributed by atoms with Crippen molar-refractivity contribution in [1.29, 1.82) is 0 Å². The molecule has 0 bridgehead atoms. The Morgan fingerprint density at radius 3 is 1.37 bits per heavy atom. The summed E-state index contributed by atoms with van der Waals surface area (Å²) in [6, 6.07) is 58.4. The zero-order valence-corrected chi connectivity index (χ0v) is 32.4. The van der Waals surface area contributed by atoms with Crippen LogP contribution in [-0.2, 0) is 0 Å². The first-order valence-electron chi connectivity index (χ1n) is 18.5. The third kappa shape index (κ3) is 5.44. The van der Waals surface area contributed by atoms with Crippen molar-refractivity contribution in [3.8, 4) is 0 Å². The SMILES string of the molecule is Cc1cc(C)cc(N(c2ccccc2)c2ccc3c(c2)sc2ccc4c(ccc5sc6cc(N(c7ccccc7)c7ccc(C)cc7C)ccc6c54)c23)c1. The smallest absolute Gasteiger partial charge is 0.0490 e. The van der Waals surface area contributed by atoms with Crippen LogP contribution in [0.4, 0.5) is 34.1 Å². The van der Waals surface area contributed by atoms with E-state index in [9.17, 15) is 0 Å². The average Bonchev–Trinajstić information content (AvgIpc) is 3.74. The van der Waals surface area contributed by atoms with Crippen molar-refractivity contribution in [2.45, 2.75) is 27.7 Å². The van der Waals surface area contributed by atoms with Gasteiger partial charge in [-0.3, -0.25) is 0 Å². The quantitative estimate of drug-likeness (QED) is 0.168. The molecule has 0 radical (unpaired) electrons. The number of benzene rings is 8. The minimum absolute atomic E-state index is 1.16. The Bertz CT molecular complexity index is 3030. The summed E-state index contributed by atoms with van der Waals surface area (Å²) in [5.41, 5.74) is 12.1. The molecule has 10 rings (SSSR count). The summed E-state index contributed by atoms with van der Waals surface area (Å²) >= 11 is 3.78. The summed E-state index contributed by atoms with van der Waals surface area (Å²) in [7, 11) is 0. The molecule has 0 fully saturated rings.